The third-order valence-corrected chi connectivity index (χ3v) is 7.25. The second kappa shape index (κ2) is 9.82. The summed E-state index contributed by atoms with van der Waals surface area (Å²) in [6.45, 7) is 0. The van der Waals surface area contributed by atoms with Crippen LogP contribution in [-0.4, -0.2) is 31.1 Å². The lowest BCUT2D eigenvalue weighted by molar-refractivity contribution is -0.121. The van der Waals surface area contributed by atoms with E-state index in [0.717, 1.165) is 5.39 Å². The van der Waals surface area contributed by atoms with Gasteiger partial charge in [0.05, 0.1) is 19.7 Å². The lowest BCUT2D eigenvalue weighted by atomic mass is 9.94. The summed E-state index contributed by atoms with van der Waals surface area (Å²) in [4.78, 5) is 29.0. The first kappa shape index (κ1) is 23.0. The molecule has 0 spiro atoms. The molecule has 0 radical (unpaired) electrons. The van der Waals surface area contributed by atoms with Gasteiger partial charge in [-0.1, -0.05) is 0 Å². The number of rotatable bonds is 7. The average Bonchev–Trinajstić information content (AvgIpc) is 3.43. The van der Waals surface area contributed by atoms with Crippen LogP contribution in [0.4, 0.5) is 10.5 Å². The summed E-state index contributed by atoms with van der Waals surface area (Å²) >= 11 is 0. The Morgan fingerprint density at radius 2 is 1.57 bits per heavy atom. The van der Waals surface area contributed by atoms with E-state index >= 15 is 0 Å². The molecule has 8 nitrogen and oxygen atoms in total. The molecule has 2 bridgehead atoms. The van der Waals surface area contributed by atoms with Crippen LogP contribution in [0.25, 0.3) is 10.9 Å². The highest BCUT2D eigenvalue weighted by Gasteiger charge is 2.42. The number of benzene rings is 2. The van der Waals surface area contributed by atoms with E-state index in [4.69, 9.17) is 14.2 Å². The SMILES string of the molecule is COc1cc2nccc(Oc3ccc(NC(=O)NC(=O)CC4C5CCC4CC5)cc3)c2cc1OC. The van der Waals surface area contributed by atoms with E-state index in [9.17, 15) is 9.59 Å². The average molecular weight is 476 g/mol. The minimum absolute atomic E-state index is 0.206. The van der Waals surface area contributed by atoms with Crippen molar-refractivity contribution in [1.29, 1.82) is 0 Å². The molecule has 2 aliphatic carbocycles. The number of ether oxygens (including phenoxy) is 3. The molecule has 0 atom stereocenters. The number of carbonyl (C=O) groups excluding carboxylic acids is 2. The Kier molecular flexibility index (Phi) is 6.44. The van der Waals surface area contributed by atoms with Crippen LogP contribution in [0.15, 0.2) is 48.7 Å². The minimum atomic E-state index is -0.518. The van der Waals surface area contributed by atoms with E-state index in [1.165, 1.54) is 25.7 Å². The van der Waals surface area contributed by atoms with Gasteiger partial charge in [-0.3, -0.25) is 15.1 Å². The van der Waals surface area contributed by atoms with Gasteiger partial charge in [-0.05, 0) is 79.8 Å². The van der Waals surface area contributed by atoms with Crippen molar-refractivity contribution in [3.05, 3.63) is 48.7 Å². The molecule has 0 aliphatic heterocycles. The number of fused-ring (bicyclic) bond motifs is 3. The zero-order chi connectivity index (χ0) is 24.4. The third kappa shape index (κ3) is 4.87. The summed E-state index contributed by atoms with van der Waals surface area (Å²) in [7, 11) is 3.16. The zero-order valence-electron chi connectivity index (χ0n) is 19.9. The fourth-order valence-corrected chi connectivity index (χ4v) is 5.54. The number of carbonyl (C=O) groups is 2. The molecule has 2 aromatic carbocycles. The molecule has 2 fully saturated rings. The second-order valence-corrected chi connectivity index (χ2v) is 9.21. The summed E-state index contributed by atoms with van der Waals surface area (Å²) in [5, 5.41) is 5.97. The van der Waals surface area contributed by atoms with Crippen molar-refractivity contribution < 1.29 is 23.8 Å². The predicted octanol–water partition coefficient (Wildman–Crippen LogP) is 5.52. The summed E-state index contributed by atoms with van der Waals surface area (Å²) in [6, 6.07) is 11.8. The van der Waals surface area contributed by atoms with E-state index in [1.807, 2.05) is 6.07 Å². The number of methoxy groups -OCH3 is 2. The van der Waals surface area contributed by atoms with Gasteiger partial charge >= 0.3 is 6.03 Å². The Morgan fingerprint density at radius 3 is 2.23 bits per heavy atom. The molecular weight excluding hydrogens is 446 g/mol. The first-order valence-corrected chi connectivity index (χ1v) is 11.9. The Morgan fingerprint density at radius 1 is 0.914 bits per heavy atom. The van der Waals surface area contributed by atoms with Gasteiger partial charge in [-0.15, -0.1) is 0 Å². The first-order valence-electron chi connectivity index (χ1n) is 11.9. The molecule has 0 unspecified atom stereocenters. The van der Waals surface area contributed by atoms with Crippen LogP contribution in [0.1, 0.15) is 32.1 Å². The van der Waals surface area contributed by atoms with E-state index < -0.39 is 6.03 Å². The topological polar surface area (TPSA) is 98.8 Å². The van der Waals surface area contributed by atoms with Gasteiger partial charge < -0.3 is 19.5 Å². The van der Waals surface area contributed by atoms with Gasteiger partial charge in [0.15, 0.2) is 11.5 Å². The number of nitrogens with zero attached hydrogens (tertiary/aromatic N) is 1. The summed E-state index contributed by atoms with van der Waals surface area (Å²) in [5.74, 6) is 3.91. The Hall–Kier alpha value is -3.81. The number of aromatic nitrogens is 1. The molecule has 1 aromatic heterocycles. The normalized spacial score (nSPS) is 20.5. The Bertz CT molecular complexity index is 1220. The highest BCUT2D eigenvalue weighted by Crippen LogP contribution is 2.50. The molecule has 8 heteroatoms. The van der Waals surface area contributed by atoms with E-state index in [1.54, 1.807) is 56.8 Å². The maximum Gasteiger partial charge on any atom is 0.325 e. The highest BCUT2D eigenvalue weighted by atomic mass is 16.5. The third-order valence-electron chi connectivity index (χ3n) is 7.25. The molecule has 0 saturated heterocycles. The molecule has 5 rings (SSSR count). The monoisotopic (exact) mass is 475 g/mol. The minimum Gasteiger partial charge on any atom is -0.493 e. The van der Waals surface area contributed by atoms with E-state index in [2.05, 4.69) is 15.6 Å². The van der Waals surface area contributed by atoms with Gasteiger partial charge in [-0.25, -0.2) is 4.79 Å². The molecule has 2 saturated carbocycles. The van der Waals surface area contributed by atoms with Crippen molar-refractivity contribution in [3.8, 4) is 23.0 Å². The quantitative estimate of drug-likeness (QED) is 0.467. The predicted molar refractivity (Wildman–Crippen MR) is 132 cm³/mol. The molecular formula is C27H29N3O5. The number of hydrogen-bond donors (Lipinski definition) is 2. The fourth-order valence-electron chi connectivity index (χ4n) is 5.54. The number of anilines is 1. The Labute approximate surface area is 204 Å². The summed E-state index contributed by atoms with van der Waals surface area (Å²) < 4.78 is 16.8. The fraction of sp³-hybridized carbons (Fsp3) is 0.370. The van der Waals surface area contributed by atoms with Crippen molar-refractivity contribution in [2.24, 2.45) is 17.8 Å². The van der Waals surface area contributed by atoms with Crippen LogP contribution in [0.5, 0.6) is 23.0 Å². The van der Waals surface area contributed by atoms with Crippen molar-refractivity contribution in [3.63, 3.8) is 0 Å². The van der Waals surface area contributed by atoms with Crippen molar-refractivity contribution in [1.82, 2.24) is 10.3 Å². The summed E-state index contributed by atoms with van der Waals surface area (Å²) in [6.07, 6.45) is 6.99. The maximum absolute atomic E-state index is 12.4. The number of nitrogens with one attached hydrogen (secondary N) is 2. The zero-order valence-corrected chi connectivity index (χ0v) is 19.9. The van der Waals surface area contributed by atoms with Crippen molar-refractivity contribution in [2.75, 3.05) is 19.5 Å². The number of pyridine rings is 1. The van der Waals surface area contributed by atoms with Crippen LogP contribution in [0, 0.1) is 17.8 Å². The largest absolute Gasteiger partial charge is 0.493 e. The number of imide groups is 1. The summed E-state index contributed by atoms with van der Waals surface area (Å²) in [5.41, 5.74) is 1.28. The lowest BCUT2D eigenvalue weighted by Gasteiger charge is -2.15. The van der Waals surface area contributed by atoms with Gasteiger partial charge in [0.25, 0.3) is 0 Å². The molecule has 35 heavy (non-hydrogen) atoms. The Balaban J connectivity index is 1.20. The number of amides is 3. The molecule has 182 valence electrons. The van der Waals surface area contributed by atoms with Gasteiger partial charge in [0, 0.05) is 29.8 Å². The van der Waals surface area contributed by atoms with Crippen molar-refractivity contribution >= 4 is 28.5 Å². The van der Waals surface area contributed by atoms with Gasteiger partial charge in [0.2, 0.25) is 5.91 Å². The number of urea groups is 1. The van der Waals surface area contributed by atoms with Crippen LogP contribution >= 0.6 is 0 Å². The smallest absolute Gasteiger partial charge is 0.325 e. The molecule has 2 aliphatic rings. The highest BCUT2D eigenvalue weighted by molar-refractivity contribution is 6.01. The molecule has 1 heterocycles. The molecule has 3 aromatic rings. The van der Waals surface area contributed by atoms with Crippen molar-refractivity contribution in [2.45, 2.75) is 32.1 Å². The first-order chi connectivity index (χ1) is 17.0. The number of hydrogen-bond acceptors (Lipinski definition) is 6. The van der Waals surface area contributed by atoms with E-state index in [0.29, 0.717) is 58.4 Å². The molecule has 2 N–H and O–H groups in total. The second-order valence-electron chi connectivity index (χ2n) is 9.21. The van der Waals surface area contributed by atoms with Gasteiger partial charge in [0.1, 0.15) is 11.5 Å². The van der Waals surface area contributed by atoms with Crippen LogP contribution in [-0.2, 0) is 4.79 Å². The van der Waals surface area contributed by atoms with Crippen LogP contribution in [0.3, 0.4) is 0 Å². The van der Waals surface area contributed by atoms with E-state index in [-0.39, 0.29) is 5.91 Å². The lowest BCUT2D eigenvalue weighted by Crippen LogP contribution is -2.35. The van der Waals surface area contributed by atoms with Crippen LogP contribution in [0.2, 0.25) is 0 Å². The molecule has 3 amide bonds. The standard InChI is InChI=1S/C27H29N3O5/c1-33-24-13-21-22(15-25(24)34-2)28-12-11-23(21)35-19-9-7-18(8-10-19)29-27(32)30-26(31)14-20-16-3-4-17(20)6-5-16/h7-13,15-17,20H,3-6,14H2,1-2H3,(H2,29,30,31,32). The maximum atomic E-state index is 12.4. The van der Waals surface area contributed by atoms with Gasteiger partial charge in [-0.2, -0.15) is 0 Å². The van der Waals surface area contributed by atoms with Crippen LogP contribution < -0.4 is 24.8 Å².